The second-order valence-electron chi connectivity index (χ2n) is 7.04. The fourth-order valence-electron chi connectivity index (χ4n) is 3.23. The Morgan fingerprint density at radius 1 is 1.32 bits per heavy atom. The molecule has 1 N–H and O–H groups in total. The number of carbonyl (C=O) groups excluding carboxylic acids is 2. The number of nitrogens with zero attached hydrogens (tertiary/aromatic N) is 1. The zero-order valence-electron chi connectivity index (χ0n) is 12.6. The molecule has 2 aliphatic rings. The lowest BCUT2D eigenvalue weighted by molar-refractivity contribution is -0.146. The summed E-state index contributed by atoms with van der Waals surface area (Å²) in [6.07, 6.45) is 4.78. The minimum absolute atomic E-state index is 0.00125. The summed E-state index contributed by atoms with van der Waals surface area (Å²) in [6, 6.07) is -0.397. The summed E-state index contributed by atoms with van der Waals surface area (Å²) in [6.45, 7) is 8.76. The standard InChI is InChI=1S/C15H26N2O2/c1-5-15(8-6-9-15)17-10-7-11(18)16-12(13(17)19)14(2,3)4/h12H,5-10H2,1-4H3,(H,16,18). The number of amides is 2. The molecule has 0 bridgehead atoms. The second-order valence-corrected chi connectivity index (χ2v) is 7.04. The second kappa shape index (κ2) is 4.80. The molecule has 1 unspecified atom stereocenters. The molecule has 108 valence electrons. The fraction of sp³-hybridized carbons (Fsp3) is 0.867. The Morgan fingerprint density at radius 3 is 2.37 bits per heavy atom. The van der Waals surface area contributed by atoms with Crippen LogP contribution in [0.1, 0.15) is 59.8 Å². The minimum atomic E-state index is -0.397. The van der Waals surface area contributed by atoms with Gasteiger partial charge in [-0.25, -0.2) is 0 Å². The van der Waals surface area contributed by atoms with Crippen LogP contribution in [0.15, 0.2) is 0 Å². The van der Waals surface area contributed by atoms with Crippen LogP contribution in [0.5, 0.6) is 0 Å². The van der Waals surface area contributed by atoms with E-state index < -0.39 is 6.04 Å². The highest BCUT2D eigenvalue weighted by Crippen LogP contribution is 2.42. The Labute approximate surface area is 115 Å². The molecule has 19 heavy (non-hydrogen) atoms. The number of hydrogen-bond acceptors (Lipinski definition) is 2. The van der Waals surface area contributed by atoms with E-state index in [0.29, 0.717) is 13.0 Å². The number of carbonyl (C=O) groups is 2. The maximum absolute atomic E-state index is 12.8. The van der Waals surface area contributed by atoms with Gasteiger partial charge >= 0.3 is 0 Å². The largest absolute Gasteiger partial charge is 0.344 e. The van der Waals surface area contributed by atoms with Gasteiger partial charge in [-0.1, -0.05) is 27.7 Å². The first-order valence-electron chi connectivity index (χ1n) is 7.41. The zero-order valence-corrected chi connectivity index (χ0v) is 12.6. The van der Waals surface area contributed by atoms with Crippen LogP contribution in [0, 0.1) is 5.41 Å². The van der Waals surface area contributed by atoms with Gasteiger partial charge in [0.05, 0.1) is 0 Å². The van der Waals surface area contributed by atoms with Gasteiger partial charge in [-0.3, -0.25) is 9.59 Å². The van der Waals surface area contributed by atoms with Crippen molar-refractivity contribution in [3.63, 3.8) is 0 Å². The van der Waals surface area contributed by atoms with Crippen molar-refractivity contribution in [2.24, 2.45) is 5.41 Å². The molecule has 4 nitrogen and oxygen atoms in total. The molecule has 0 aromatic heterocycles. The minimum Gasteiger partial charge on any atom is -0.344 e. The van der Waals surface area contributed by atoms with Crippen LogP contribution in [-0.2, 0) is 9.59 Å². The molecular weight excluding hydrogens is 240 g/mol. The molecule has 2 amide bonds. The molecule has 1 saturated heterocycles. The normalized spacial score (nSPS) is 27.6. The van der Waals surface area contributed by atoms with Gasteiger partial charge in [-0.15, -0.1) is 0 Å². The van der Waals surface area contributed by atoms with Crippen LogP contribution in [0.25, 0.3) is 0 Å². The average Bonchev–Trinajstić information content (AvgIpc) is 2.40. The van der Waals surface area contributed by atoms with Crippen LogP contribution in [0.4, 0.5) is 0 Å². The number of rotatable bonds is 2. The van der Waals surface area contributed by atoms with Gasteiger partial charge in [0.25, 0.3) is 0 Å². The van der Waals surface area contributed by atoms with Gasteiger partial charge in [-0.2, -0.15) is 0 Å². The summed E-state index contributed by atoms with van der Waals surface area (Å²) in [5.74, 6) is 0.112. The molecular formula is C15H26N2O2. The van der Waals surface area contributed by atoms with Crippen molar-refractivity contribution in [1.82, 2.24) is 10.2 Å². The first-order chi connectivity index (χ1) is 8.80. The lowest BCUT2D eigenvalue weighted by Crippen LogP contribution is -2.61. The van der Waals surface area contributed by atoms with E-state index in [2.05, 4.69) is 12.2 Å². The van der Waals surface area contributed by atoms with E-state index in [4.69, 9.17) is 0 Å². The van der Waals surface area contributed by atoms with E-state index in [0.717, 1.165) is 19.3 Å². The average molecular weight is 266 g/mol. The van der Waals surface area contributed by atoms with Gasteiger partial charge in [0.2, 0.25) is 11.8 Å². The maximum atomic E-state index is 12.8. The molecule has 0 aromatic carbocycles. The molecule has 4 heteroatoms. The molecule has 1 atom stereocenters. The van der Waals surface area contributed by atoms with Crippen molar-refractivity contribution in [3.8, 4) is 0 Å². The molecule has 0 aromatic rings. The smallest absolute Gasteiger partial charge is 0.246 e. The summed E-state index contributed by atoms with van der Waals surface area (Å²) in [5, 5.41) is 2.91. The Bertz CT molecular complexity index is 375. The molecule has 2 rings (SSSR count). The quantitative estimate of drug-likeness (QED) is 0.832. The van der Waals surface area contributed by atoms with Crippen LogP contribution in [0.2, 0.25) is 0 Å². The van der Waals surface area contributed by atoms with Gasteiger partial charge < -0.3 is 10.2 Å². The fourth-order valence-corrected chi connectivity index (χ4v) is 3.23. The van der Waals surface area contributed by atoms with Gasteiger partial charge in [0.1, 0.15) is 6.04 Å². The van der Waals surface area contributed by atoms with Crippen LogP contribution in [0.3, 0.4) is 0 Å². The first-order valence-corrected chi connectivity index (χ1v) is 7.41. The monoisotopic (exact) mass is 266 g/mol. The van der Waals surface area contributed by atoms with Crippen molar-refractivity contribution in [3.05, 3.63) is 0 Å². The Morgan fingerprint density at radius 2 is 1.95 bits per heavy atom. The third-order valence-corrected chi connectivity index (χ3v) is 4.76. The molecule has 1 aliphatic heterocycles. The molecule has 0 radical (unpaired) electrons. The summed E-state index contributed by atoms with van der Waals surface area (Å²) in [7, 11) is 0. The molecule has 2 fully saturated rings. The Balaban J connectivity index is 2.29. The highest BCUT2D eigenvalue weighted by molar-refractivity contribution is 5.91. The third-order valence-electron chi connectivity index (χ3n) is 4.76. The molecule has 1 aliphatic carbocycles. The summed E-state index contributed by atoms with van der Waals surface area (Å²) in [4.78, 5) is 26.7. The molecule has 1 heterocycles. The number of nitrogens with one attached hydrogen (secondary N) is 1. The first kappa shape index (κ1) is 14.4. The van der Waals surface area contributed by atoms with Crippen molar-refractivity contribution in [2.75, 3.05) is 6.54 Å². The lowest BCUT2D eigenvalue weighted by atomic mass is 9.72. The topological polar surface area (TPSA) is 49.4 Å². The van der Waals surface area contributed by atoms with Gasteiger partial charge in [0.15, 0.2) is 0 Å². The van der Waals surface area contributed by atoms with E-state index >= 15 is 0 Å². The Hall–Kier alpha value is -1.06. The highest BCUT2D eigenvalue weighted by atomic mass is 16.2. The lowest BCUT2D eigenvalue weighted by Gasteiger charge is -2.51. The predicted octanol–water partition coefficient (Wildman–Crippen LogP) is 2.08. The van der Waals surface area contributed by atoms with E-state index in [1.165, 1.54) is 6.42 Å². The van der Waals surface area contributed by atoms with Gasteiger partial charge in [0, 0.05) is 18.5 Å². The van der Waals surface area contributed by atoms with Crippen molar-refractivity contribution in [1.29, 1.82) is 0 Å². The summed E-state index contributed by atoms with van der Waals surface area (Å²) >= 11 is 0. The Kier molecular flexibility index (Phi) is 3.63. The van der Waals surface area contributed by atoms with Crippen LogP contribution >= 0.6 is 0 Å². The summed E-state index contributed by atoms with van der Waals surface area (Å²) in [5.41, 5.74) is -0.221. The van der Waals surface area contributed by atoms with Crippen molar-refractivity contribution >= 4 is 11.8 Å². The van der Waals surface area contributed by atoms with Crippen LogP contribution < -0.4 is 5.32 Å². The van der Waals surface area contributed by atoms with E-state index in [1.54, 1.807) is 0 Å². The summed E-state index contributed by atoms with van der Waals surface area (Å²) < 4.78 is 0. The van der Waals surface area contributed by atoms with Crippen molar-refractivity contribution in [2.45, 2.75) is 71.4 Å². The maximum Gasteiger partial charge on any atom is 0.246 e. The highest BCUT2D eigenvalue weighted by Gasteiger charge is 2.48. The molecule has 1 saturated carbocycles. The van der Waals surface area contributed by atoms with E-state index in [1.807, 2.05) is 25.7 Å². The zero-order chi connectivity index (χ0) is 14.3. The third kappa shape index (κ3) is 2.49. The molecule has 0 spiro atoms. The van der Waals surface area contributed by atoms with E-state index in [-0.39, 0.29) is 22.8 Å². The SMILES string of the molecule is CCC1(N2CCC(=O)NC(C(C)(C)C)C2=O)CCC1. The van der Waals surface area contributed by atoms with Gasteiger partial charge in [-0.05, 0) is 31.1 Å². The van der Waals surface area contributed by atoms with E-state index in [9.17, 15) is 9.59 Å². The number of hydrogen-bond donors (Lipinski definition) is 1. The van der Waals surface area contributed by atoms with Crippen LogP contribution in [-0.4, -0.2) is 34.8 Å². The van der Waals surface area contributed by atoms with Crippen molar-refractivity contribution < 1.29 is 9.59 Å². The predicted molar refractivity (Wildman–Crippen MR) is 74.6 cm³/mol.